The predicted molar refractivity (Wildman–Crippen MR) is 70.7 cm³/mol. The normalized spacial score (nSPS) is 17.8. The van der Waals surface area contributed by atoms with Crippen LogP contribution in [0.4, 0.5) is 13.2 Å². The summed E-state index contributed by atoms with van der Waals surface area (Å²) in [5.41, 5.74) is -1.59. The first-order valence-electron chi connectivity index (χ1n) is 6.05. The fraction of sp³-hybridized carbons (Fsp3) is 0.286. The molecule has 0 saturated carbocycles. The predicted octanol–water partition coefficient (Wildman–Crippen LogP) is 3.58. The first kappa shape index (κ1) is 16.4. The third-order valence-electron chi connectivity index (χ3n) is 2.72. The van der Waals surface area contributed by atoms with Crippen LogP contribution in [0.1, 0.15) is 25.0 Å². The molecular formula is C14H10ClF3O4. The van der Waals surface area contributed by atoms with E-state index < -0.39 is 40.1 Å². The van der Waals surface area contributed by atoms with E-state index in [-0.39, 0.29) is 5.56 Å². The van der Waals surface area contributed by atoms with Crippen molar-refractivity contribution in [3.63, 3.8) is 0 Å². The molecule has 1 saturated heterocycles. The molecule has 0 unspecified atom stereocenters. The smallest absolute Gasteiger partial charge is 0.417 e. The molecular weight excluding hydrogens is 325 g/mol. The Labute approximate surface area is 128 Å². The largest absolute Gasteiger partial charge is 0.419 e. The molecule has 22 heavy (non-hydrogen) atoms. The van der Waals surface area contributed by atoms with Gasteiger partial charge in [0, 0.05) is 13.8 Å². The van der Waals surface area contributed by atoms with Gasteiger partial charge in [0.25, 0.3) is 5.79 Å². The van der Waals surface area contributed by atoms with Crippen molar-refractivity contribution in [3.05, 3.63) is 39.9 Å². The summed E-state index contributed by atoms with van der Waals surface area (Å²) in [4.78, 5) is 23.5. The van der Waals surface area contributed by atoms with Crippen LogP contribution in [-0.2, 0) is 25.2 Å². The van der Waals surface area contributed by atoms with E-state index in [1.165, 1.54) is 19.9 Å². The lowest BCUT2D eigenvalue weighted by Crippen LogP contribution is -2.41. The molecule has 0 radical (unpaired) electrons. The molecule has 1 aliphatic heterocycles. The second-order valence-corrected chi connectivity index (χ2v) is 5.38. The maximum absolute atomic E-state index is 12.8. The van der Waals surface area contributed by atoms with E-state index in [0.29, 0.717) is 0 Å². The van der Waals surface area contributed by atoms with E-state index in [1.807, 2.05) is 0 Å². The topological polar surface area (TPSA) is 52.6 Å². The maximum Gasteiger partial charge on any atom is 0.417 e. The molecule has 0 aliphatic carbocycles. The molecule has 0 bridgehead atoms. The number of ether oxygens (including phenoxy) is 2. The molecule has 1 aromatic rings. The molecule has 8 heteroatoms. The molecule has 118 valence electrons. The Kier molecular flexibility index (Phi) is 3.95. The number of carbonyl (C=O) groups excluding carboxylic acids is 2. The molecule has 0 amide bonds. The third kappa shape index (κ3) is 3.41. The van der Waals surface area contributed by atoms with Gasteiger partial charge in [-0.2, -0.15) is 13.2 Å². The number of carbonyl (C=O) groups is 2. The van der Waals surface area contributed by atoms with Gasteiger partial charge in [0.05, 0.1) is 10.6 Å². The number of alkyl halides is 3. The third-order valence-corrected chi connectivity index (χ3v) is 3.05. The zero-order chi connectivity index (χ0) is 16.7. The summed E-state index contributed by atoms with van der Waals surface area (Å²) in [6.07, 6.45) is -3.69. The Morgan fingerprint density at radius 2 is 1.68 bits per heavy atom. The molecule has 0 aromatic heterocycles. The summed E-state index contributed by atoms with van der Waals surface area (Å²) < 4.78 is 48.0. The van der Waals surface area contributed by atoms with Crippen molar-refractivity contribution >= 4 is 29.6 Å². The van der Waals surface area contributed by atoms with Crippen LogP contribution >= 0.6 is 11.6 Å². The van der Waals surface area contributed by atoms with Crippen LogP contribution in [0.15, 0.2) is 23.8 Å². The SMILES string of the molecule is CC1(C)OC(=O)C(=Cc2ccc(Cl)c(C(F)(F)F)c2)C(=O)O1. The van der Waals surface area contributed by atoms with Crippen molar-refractivity contribution < 1.29 is 32.2 Å². The standard InChI is InChI=1S/C14H10ClF3O4/c1-13(2)21-11(19)8(12(20)22-13)5-7-3-4-10(15)9(6-7)14(16,17)18/h3-6H,1-2H3. The summed E-state index contributed by atoms with van der Waals surface area (Å²) in [7, 11) is 0. The maximum atomic E-state index is 12.8. The molecule has 0 N–H and O–H groups in total. The van der Waals surface area contributed by atoms with Crippen molar-refractivity contribution in [2.24, 2.45) is 0 Å². The Hall–Kier alpha value is -2.02. The van der Waals surface area contributed by atoms with Gasteiger partial charge in [-0.15, -0.1) is 0 Å². The summed E-state index contributed by atoms with van der Waals surface area (Å²) in [5.74, 6) is -3.35. The van der Waals surface area contributed by atoms with Gasteiger partial charge in [0.1, 0.15) is 5.57 Å². The quantitative estimate of drug-likeness (QED) is 0.447. The highest BCUT2D eigenvalue weighted by Gasteiger charge is 2.39. The van der Waals surface area contributed by atoms with Crippen molar-refractivity contribution in [2.45, 2.75) is 25.8 Å². The molecule has 0 spiro atoms. The van der Waals surface area contributed by atoms with Crippen LogP contribution in [0.5, 0.6) is 0 Å². The second kappa shape index (κ2) is 5.31. The Bertz CT molecular complexity index is 655. The number of cyclic esters (lactones) is 2. The second-order valence-electron chi connectivity index (χ2n) is 4.97. The lowest BCUT2D eigenvalue weighted by atomic mass is 10.1. The number of esters is 2. The van der Waals surface area contributed by atoms with Crippen molar-refractivity contribution in [2.75, 3.05) is 0 Å². The highest BCUT2D eigenvalue weighted by atomic mass is 35.5. The minimum Gasteiger partial charge on any atom is -0.419 e. The molecule has 1 aliphatic rings. The summed E-state index contributed by atoms with van der Waals surface area (Å²) in [6.45, 7) is 2.73. The zero-order valence-electron chi connectivity index (χ0n) is 11.5. The first-order chi connectivity index (χ1) is 9.99. The minimum absolute atomic E-state index is 0.0275. The Morgan fingerprint density at radius 1 is 1.14 bits per heavy atom. The van der Waals surface area contributed by atoms with E-state index in [0.717, 1.165) is 18.2 Å². The number of rotatable bonds is 1. The van der Waals surface area contributed by atoms with E-state index in [1.54, 1.807) is 0 Å². The average molecular weight is 335 g/mol. The molecule has 4 nitrogen and oxygen atoms in total. The number of hydrogen-bond donors (Lipinski definition) is 0. The summed E-state index contributed by atoms with van der Waals surface area (Å²) in [5, 5.41) is -0.482. The van der Waals surface area contributed by atoms with Crippen LogP contribution in [0, 0.1) is 0 Å². The van der Waals surface area contributed by atoms with Crippen molar-refractivity contribution in [1.82, 2.24) is 0 Å². The number of halogens is 4. The first-order valence-corrected chi connectivity index (χ1v) is 6.42. The van der Waals surface area contributed by atoms with Gasteiger partial charge in [0.2, 0.25) is 0 Å². The van der Waals surface area contributed by atoms with Crippen LogP contribution in [-0.4, -0.2) is 17.7 Å². The van der Waals surface area contributed by atoms with Crippen molar-refractivity contribution in [1.29, 1.82) is 0 Å². The van der Waals surface area contributed by atoms with Gasteiger partial charge in [0.15, 0.2) is 0 Å². The highest BCUT2D eigenvalue weighted by Crippen LogP contribution is 2.35. The lowest BCUT2D eigenvalue weighted by molar-refractivity contribution is -0.222. The van der Waals surface area contributed by atoms with E-state index in [2.05, 4.69) is 0 Å². The van der Waals surface area contributed by atoms with Gasteiger partial charge >= 0.3 is 18.1 Å². The summed E-state index contributed by atoms with van der Waals surface area (Å²) in [6, 6.07) is 3.00. The van der Waals surface area contributed by atoms with Gasteiger partial charge in [-0.1, -0.05) is 17.7 Å². The van der Waals surface area contributed by atoms with Crippen LogP contribution in [0.2, 0.25) is 5.02 Å². The van der Waals surface area contributed by atoms with Gasteiger partial charge in [-0.25, -0.2) is 9.59 Å². The minimum atomic E-state index is -4.65. The summed E-state index contributed by atoms with van der Waals surface area (Å²) >= 11 is 5.49. The van der Waals surface area contributed by atoms with Crippen LogP contribution in [0.3, 0.4) is 0 Å². The fourth-order valence-corrected chi connectivity index (χ4v) is 2.02. The Balaban J connectivity index is 2.42. The van der Waals surface area contributed by atoms with Gasteiger partial charge in [-0.3, -0.25) is 0 Å². The van der Waals surface area contributed by atoms with E-state index in [9.17, 15) is 22.8 Å². The molecule has 2 rings (SSSR count). The number of benzene rings is 1. The monoisotopic (exact) mass is 334 g/mol. The van der Waals surface area contributed by atoms with Crippen LogP contribution < -0.4 is 0 Å². The van der Waals surface area contributed by atoms with Crippen LogP contribution in [0.25, 0.3) is 6.08 Å². The molecule has 1 fully saturated rings. The lowest BCUT2D eigenvalue weighted by Gasteiger charge is -2.29. The van der Waals surface area contributed by atoms with E-state index in [4.69, 9.17) is 21.1 Å². The zero-order valence-corrected chi connectivity index (χ0v) is 12.2. The highest BCUT2D eigenvalue weighted by molar-refractivity contribution is 6.31. The molecule has 0 atom stereocenters. The van der Waals surface area contributed by atoms with E-state index >= 15 is 0 Å². The van der Waals surface area contributed by atoms with Crippen molar-refractivity contribution in [3.8, 4) is 0 Å². The Morgan fingerprint density at radius 3 is 2.18 bits per heavy atom. The fourth-order valence-electron chi connectivity index (χ4n) is 1.80. The van der Waals surface area contributed by atoms with Gasteiger partial charge < -0.3 is 9.47 Å². The average Bonchev–Trinajstić information content (AvgIpc) is 2.33. The van der Waals surface area contributed by atoms with Gasteiger partial charge in [-0.05, 0) is 23.8 Å². The molecule has 1 heterocycles. The molecule has 1 aromatic carbocycles. The number of hydrogen-bond acceptors (Lipinski definition) is 4.